The predicted octanol–water partition coefficient (Wildman–Crippen LogP) is 2.92. The maximum Gasteiger partial charge on any atom is 0.418 e. The predicted molar refractivity (Wildman–Crippen MR) is 56.0 cm³/mol. The Bertz CT molecular complexity index is 431. The van der Waals surface area contributed by atoms with Crippen LogP contribution < -0.4 is 4.90 Å². The SMILES string of the molecule is C#CC1CCN1c1ccccc1C(F)(F)F. The second-order valence-corrected chi connectivity index (χ2v) is 3.68. The van der Waals surface area contributed by atoms with Crippen LogP contribution in [0.3, 0.4) is 0 Å². The minimum atomic E-state index is -4.33. The van der Waals surface area contributed by atoms with Crippen LogP contribution in [0.4, 0.5) is 18.9 Å². The Kier molecular flexibility index (Phi) is 2.55. The number of anilines is 1. The Balaban J connectivity index is 2.38. The molecule has 1 nitrogen and oxygen atoms in total. The van der Waals surface area contributed by atoms with Gasteiger partial charge in [0, 0.05) is 12.2 Å². The molecule has 0 bridgehead atoms. The molecule has 84 valence electrons. The van der Waals surface area contributed by atoms with E-state index in [1.54, 1.807) is 11.0 Å². The van der Waals surface area contributed by atoms with E-state index < -0.39 is 11.7 Å². The number of hydrogen-bond acceptors (Lipinski definition) is 1. The fourth-order valence-corrected chi connectivity index (χ4v) is 1.81. The molecule has 1 aromatic rings. The van der Waals surface area contributed by atoms with Crippen LogP contribution in [0.5, 0.6) is 0 Å². The third-order valence-corrected chi connectivity index (χ3v) is 2.73. The van der Waals surface area contributed by atoms with Crippen molar-refractivity contribution in [3.63, 3.8) is 0 Å². The highest BCUT2D eigenvalue weighted by atomic mass is 19.4. The molecule has 0 aromatic heterocycles. The van der Waals surface area contributed by atoms with Gasteiger partial charge in [-0.3, -0.25) is 0 Å². The van der Waals surface area contributed by atoms with Crippen LogP contribution >= 0.6 is 0 Å². The van der Waals surface area contributed by atoms with Gasteiger partial charge in [0.1, 0.15) is 0 Å². The summed E-state index contributed by atoms with van der Waals surface area (Å²) in [7, 11) is 0. The summed E-state index contributed by atoms with van der Waals surface area (Å²) < 4.78 is 38.2. The summed E-state index contributed by atoms with van der Waals surface area (Å²) in [4.78, 5) is 1.61. The summed E-state index contributed by atoms with van der Waals surface area (Å²) >= 11 is 0. The number of para-hydroxylation sites is 1. The first kappa shape index (κ1) is 10.9. The van der Waals surface area contributed by atoms with Crippen molar-refractivity contribution in [1.82, 2.24) is 0 Å². The quantitative estimate of drug-likeness (QED) is 0.664. The van der Waals surface area contributed by atoms with E-state index in [0.29, 0.717) is 6.54 Å². The Morgan fingerprint density at radius 1 is 1.31 bits per heavy atom. The second kappa shape index (κ2) is 3.75. The third kappa shape index (κ3) is 1.73. The van der Waals surface area contributed by atoms with Crippen LogP contribution in [0.25, 0.3) is 0 Å². The first-order chi connectivity index (χ1) is 7.54. The summed E-state index contributed by atoms with van der Waals surface area (Å²) in [6, 6.07) is 5.32. The van der Waals surface area contributed by atoms with E-state index in [1.807, 2.05) is 0 Å². The van der Waals surface area contributed by atoms with Gasteiger partial charge in [-0.25, -0.2) is 0 Å². The van der Waals surface area contributed by atoms with E-state index in [4.69, 9.17) is 6.42 Å². The summed E-state index contributed by atoms with van der Waals surface area (Å²) in [6.45, 7) is 0.585. The van der Waals surface area contributed by atoms with Gasteiger partial charge in [-0.15, -0.1) is 6.42 Å². The number of hydrogen-bond donors (Lipinski definition) is 0. The highest BCUT2D eigenvalue weighted by Gasteiger charge is 2.37. The molecule has 0 saturated carbocycles. The van der Waals surface area contributed by atoms with Crippen molar-refractivity contribution in [2.24, 2.45) is 0 Å². The molecule has 0 spiro atoms. The molecule has 0 aliphatic carbocycles. The van der Waals surface area contributed by atoms with Crippen molar-refractivity contribution >= 4 is 5.69 Å². The summed E-state index contributed by atoms with van der Waals surface area (Å²) in [5, 5.41) is 0. The van der Waals surface area contributed by atoms with E-state index >= 15 is 0 Å². The molecule has 4 heteroatoms. The lowest BCUT2D eigenvalue weighted by atomic mass is 10.0. The fraction of sp³-hybridized carbons (Fsp3) is 0.333. The standard InChI is InChI=1S/C12H10F3N/c1-2-9-7-8-16(9)11-6-4-3-5-10(11)12(13,14)15/h1,3-6,9H,7-8H2. The monoisotopic (exact) mass is 225 g/mol. The van der Waals surface area contributed by atoms with Gasteiger partial charge >= 0.3 is 6.18 Å². The van der Waals surface area contributed by atoms with Gasteiger partial charge < -0.3 is 4.90 Å². The Hall–Kier alpha value is -1.63. The average molecular weight is 225 g/mol. The highest BCUT2D eigenvalue weighted by molar-refractivity contribution is 5.58. The van der Waals surface area contributed by atoms with Crippen molar-refractivity contribution in [3.05, 3.63) is 29.8 Å². The molecule has 1 heterocycles. The normalized spacial score (nSPS) is 20.1. The van der Waals surface area contributed by atoms with Crippen molar-refractivity contribution in [2.45, 2.75) is 18.6 Å². The van der Waals surface area contributed by atoms with Gasteiger partial charge in [-0.05, 0) is 18.6 Å². The maximum absolute atomic E-state index is 12.7. The van der Waals surface area contributed by atoms with Gasteiger partial charge in [0.2, 0.25) is 0 Å². The highest BCUT2D eigenvalue weighted by Crippen LogP contribution is 2.39. The van der Waals surface area contributed by atoms with Crippen LogP contribution in [0.15, 0.2) is 24.3 Å². The number of terminal acetylenes is 1. The molecule has 1 unspecified atom stereocenters. The molecule has 16 heavy (non-hydrogen) atoms. The molecule has 1 saturated heterocycles. The minimum Gasteiger partial charge on any atom is -0.357 e. The summed E-state index contributed by atoms with van der Waals surface area (Å²) in [6.07, 6.45) is 1.67. The minimum absolute atomic E-state index is 0.184. The van der Waals surface area contributed by atoms with Gasteiger partial charge in [0.15, 0.2) is 0 Å². The van der Waals surface area contributed by atoms with E-state index in [2.05, 4.69) is 5.92 Å². The maximum atomic E-state index is 12.7. The van der Waals surface area contributed by atoms with Gasteiger partial charge in [0.25, 0.3) is 0 Å². The zero-order valence-corrected chi connectivity index (χ0v) is 8.46. The lowest BCUT2D eigenvalue weighted by molar-refractivity contribution is -0.137. The lowest BCUT2D eigenvalue weighted by Gasteiger charge is -2.40. The number of benzene rings is 1. The Morgan fingerprint density at radius 3 is 2.50 bits per heavy atom. The third-order valence-electron chi connectivity index (χ3n) is 2.73. The molecule has 1 aromatic carbocycles. The number of halogens is 3. The van der Waals surface area contributed by atoms with Crippen LogP contribution in [-0.2, 0) is 6.18 Å². The molecule has 0 radical (unpaired) electrons. The first-order valence-electron chi connectivity index (χ1n) is 4.93. The van der Waals surface area contributed by atoms with Crippen LogP contribution in [0.1, 0.15) is 12.0 Å². The van der Waals surface area contributed by atoms with Crippen molar-refractivity contribution in [3.8, 4) is 12.3 Å². The van der Waals surface area contributed by atoms with Crippen molar-refractivity contribution < 1.29 is 13.2 Å². The largest absolute Gasteiger partial charge is 0.418 e. The lowest BCUT2D eigenvalue weighted by Crippen LogP contribution is -2.47. The van der Waals surface area contributed by atoms with Gasteiger partial charge in [0.05, 0.1) is 11.6 Å². The average Bonchev–Trinajstić information content (AvgIpc) is 2.16. The zero-order valence-electron chi connectivity index (χ0n) is 8.46. The molecule has 1 aliphatic heterocycles. The van der Waals surface area contributed by atoms with E-state index in [9.17, 15) is 13.2 Å². The first-order valence-corrected chi connectivity index (χ1v) is 4.93. The zero-order chi connectivity index (χ0) is 11.8. The molecule has 0 amide bonds. The van der Waals surface area contributed by atoms with Crippen LogP contribution in [-0.4, -0.2) is 12.6 Å². The van der Waals surface area contributed by atoms with E-state index in [-0.39, 0.29) is 11.7 Å². The molecule has 2 rings (SSSR count). The molecule has 1 atom stereocenters. The molecule has 1 aliphatic rings. The summed E-state index contributed by atoms with van der Waals surface area (Å²) in [5.41, 5.74) is -0.431. The van der Waals surface area contributed by atoms with Gasteiger partial charge in [-0.2, -0.15) is 13.2 Å². The van der Waals surface area contributed by atoms with Crippen LogP contribution in [0.2, 0.25) is 0 Å². The Morgan fingerprint density at radius 2 is 2.00 bits per heavy atom. The van der Waals surface area contributed by atoms with Crippen molar-refractivity contribution in [1.29, 1.82) is 0 Å². The number of nitrogens with zero attached hydrogens (tertiary/aromatic N) is 1. The van der Waals surface area contributed by atoms with Crippen LogP contribution in [0, 0.1) is 12.3 Å². The number of rotatable bonds is 1. The smallest absolute Gasteiger partial charge is 0.357 e. The van der Waals surface area contributed by atoms with E-state index in [1.165, 1.54) is 12.1 Å². The number of alkyl halides is 3. The van der Waals surface area contributed by atoms with Gasteiger partial charge in [-0.1, -0.05) is 18.1 Å². The second-order valence-electron chi connectivity index (χ2n) is 3.68. The fourth-order valence-electron chi connectivity index (χ4n) is 1.81. The molecular formula is C12H10F3N. The Labute approximate surface area is 91.9 Å². The molecule has 0 N–H and O–H groups in total. The van der Waals surface area contributed by atoms with E-state index in [0.717, 1.165) is 12.5 Å². The topological polar surface area (TPSA) is 3.24 Å². The van der Waals surface area contributed by atoms with Crippen molar-refractivity contribution in [2.75, 3.05) is 11.4 Å². The molecular weight excluding hydrogens is 215 g/mol. The summed E-state index contributed by atoms with van der Waals surface area (Å²) in [5.74, 6) is 2.49. The molecule has 1 fully saturated rings.